The molecule has 0 spiro atoms. The molecule has 0 radical (unpaired) electrons. The van der Waals surface area contributed by atoms with Crippen molar-refractivity contribution in [2.45, 2.75) is 99.3 Å². The lowest BCUT2D eigenvalue weighted by Gasteiger charge is -2.72. The van der Waals surface area contributed by atoms with Crippen molar-refractivity contribution in [1.29, 1.82) is 0 Å². The number of hydrogen-bond acceptors (Lipinski definition) is 3. The minimum atomic E-state index is -0.365. The van der Waals surface area contributed by atoms with Crippen LogP contribution in [0.15, 0.2) is 48.1 Å². The van der Waals surface area contributed by atoms with Gasteiger partial charge in [0.25, 0.3) is 0 Å². The highest BCUT2D eigenvalue weighted by atomic mass is 16.5. The molecule has 41 heavy (non-hydrogen) atoms. The van der Waals surface area contributed by atoms with E-state index < -0.39 is 0 Å². The Bertz CT molecular complexity index is 1290. The molecule has 0 heterocycles. The Labute approximate surface area is 248 Å². The molecule has 0 aromatic heterocycles. The zero-order chi connectivity index (χ0) is 29.6. The van der Waals surface area contributed by atoms with E-state index in [0.29, 0.717) is 35.4 Å². The van der Waals surface area contributed by atoms with Crippen LogP contribution in [-0.2, 0) is 14.3 Å². The SMILES string of the molecule is C=C(C)[C@H]1CC[C@@]2(C(=O)OC)CC[C@@]3(C)[C@@H](CC[C@H]4[C@@]5(C)C/C(=C/c6ccccc6)C(=O)C(C)(C)[C@@H]5CC[C@@]43C)[C@H]12. The van der Waals surface area contributed by atoms with Crippen LogP contribution in [0.3, 0.4) is 0 Å². The molecule has 0 bridgehead atoms. The molecule has 0 amide bonds. The summed E-state index contributed by atoms with van der Waals surface area (Å²) in [6.45, 7) is 18.9. The van der Waals surface area contributed by atoms with Crippen LogP contribution in [0.5, 0.6) is 0 Å². The van der Waals surface area contributed by atoms with Crippen molar-refractivity contribution in [2.24, 2.45) is 56.7 Å². The molecule has 0 unspecified atom stereocenters. The molecule has 5 aliphatic rings. The smallest absolute Gasteiger partial charge is 0.312 e. The van der Waals surface area contributed by atoms with Gasteiger partial charge in [0.05, 0.1) is 12.5 Å². The van der Waals surface area contributed by atoms with E-state index in [1.54, 1.807) is 7.11 Å². The number of ketones is 1. The Morgan fingerprint density at radius 2 is 1.61 bits per heavy atom. The molecule has 6 rings (SSSR count). The van der Waals surface area contributed by atoms with E-state index in [1.807, 2.05) is 6.07 Å². The van der Waals surface area contributed by atoms with E-state index in [2.05, 4.69) is 78.5 Å². The van der Waals surface area contributed by atoms with Gasteiger partial charge < -0.3 is 4.74 Å². The number of fused-ring (bicyclic) bond motifs is 7. The summed E-state index contributed by atoms with van der Waals surface area (Å²) in [4.78, 5) is 27.5. The fourth-order valence-corrected chi connectivity index (χ4v) is 12.4. The molecule has 1 aromatic rings. The molecule has 0 N–H and O–H groups in total. The van der Waals surface area contributed by atoms with Crippen LogP contribution >= 0.6 is 0 Å². The van der Waals surface area contributed by atoms with Gasteiger partial charge in [-0.3, -0.25) is 9.59 Å². The van der Waals surface area contributed by atoms with Gasteiger partial charge in [-0.05, 0) is 128 Å². The maximum atomic E-state index is 14.0. The van der Waals surface area contributed by atoms with E-state index >= 15 is 0 Å². The summed E-state index contributed by atoms with van der Waals surface area (Å²) in [6, 6.07) is 10.4. The second-order valence-corrected chi connectivity index (χ2v) is 16.1. The zero-order valence-corrected chi connectivity index (χ0v) is 26.6. The van der Waals surface area contributed by atoms with E-state index in [4.69, 9.17) is 4.74 Å². The molecular formula is C38H52O3. The second-order valence-electron chi connectivity index (χ2n) is 16.1. The van der Waals surface area contributed by atoms with Crippen molar-refractivity contribution < 1.29 is 14.3 Å². The van der Waals surface area contributed by atoms with Crippen molar-refractivity contribution in [3.05, 3.63) is 53.6 Å². The molecule has 3 nitrogen and oxygen atoms in total. The van der Waals surface area contributed by atoms with Crippen molar-refractivity contribution in [3.63, 3.8) is 0 Å². The monoisotopic (exact) mass is 556 g/mol. The molecule has 3 heteroatoms. The molecule has 5 fully saturated rings. The molecule has 1 aromatic carbocycles. The zero-order valence-electron chi connectivity index (χ0n) is 26.6. The topological polar surface area (TPSA) is 43.4 Å². The van der Waals surface area contributed by atoms with Crippen LogP contribution in [0.4, 0.5) is 0 Å². The number of ether oxygens (including phenoxy) is 1. The average Bonchev–Trinajstić information content (AvgIpc) is 3.33. The quantitative estimate of drug-likeness (QED) is 0.212. The predicted molar refractivity (Wildman–Crippen MR) is 166 cm³/mol. The van der Waals surface area contributed by atoms with E-state index in [9.17, 15) is 9.59 Å². The van der Waals surface area contributed by atoms with E-state index in [0.717, 1.165) is 49.7 Å². The average molecular weight is 557 g/mol. The lowest BCUT2D eigenvalue weighted by molar-refractivity contribution is -0.232. The van der Waals surface area contributed by atoms with Gasteiger partial charge in [-0.15, -0.1) is 0 Å². The highest BCUT2D eigenvalue weighted by Crippen LogP contribution is 2.77. The number of allylic oxidation sites excluding steroid dienone is 2. The van der Waals surface area contributed by atoms with Crippen molar-refractivity contribution >= 4 is 17.8 Å². The number of carbonyl (C=O) groups excluding carboxylic acids is 2. The first-order valence-electron chi connectivity index (χ1n) is 16.3. The lowest BCUT2D eigenvalue weighted by Crippen LogP contribution is -2.67. The first-order chi connectivity index (χ1) is 19.3. The summed E-state index contributed by atoms with van der Waals surface area (Å²) in [6.07, 6.45) is 11.7. The molecule has 5 aliphatic carbocycles. The maximum Gasteiger partial charge on any atom is 0.312 e. The molecule has 9 atom stereocenters. The normalized spacial score (nSPS) is 45.7. The van der Waals surface area contributed by atoms with Crippen LogP contribution in [0.2, 0.25) is 0 Å². The van der Waals surface area contributed by atoms with Gasteiger partial charge in [0.2, 0.25) is 0 Å². The third-order valence-corrected chi connectivity index (χ3v) is 14.4. The molecule has 0 aliphatic heterocycles. The van der Waals surface area contributed by atoms with E-state index in [1.165, 1.54) is 24.8 Å². The van der Waals surface area contributed by atoms with Gasteiger partial charge in [0.15, 0.2) is 5.78 Å². The second kappa shape index (κ2) is 9.42. The predicted octanol–water partition coefficient (Wildman–Crippen LogP) is 9.08. The van der Waals surface area contributed by atoms with Gasteiger partial charge in [-0.1, -0.05) is 77.1 Å². The summed E-state index contributed by atoms with van der Waals surface area (Å²) in [5.74, 6) is 2.55. The summed E-state index contributed by atoms with van der Waals surface area (Å²) in [5.41, 5.74) is 3.06. The van der Waals surface area contributed by atoms with Crippen molar-refractivity contribution in [1.82, 2.24) is 0 Å². The summed E-state index contributed by atoms with van der Waals surface area (Å²) >= 11 is 0. The Hall–Kier alpha value is -2.16. The van der Waals surface area contributed by atoms with Gasteiger partial charge >= 0.3 is 5.97 Å². The number of rotatable bonds is 3. The number of Topliss-reactive ketones (excluding diaryl/α,β-unsaturated/α-hetero) is 1. The van der Waals surface area contributed by atoms with Gasteiger partial charge in [-0.2, -0.15) is 0 Å². The van der Waals surface area contributed by atoms with E-state index in [-0.39, 0.29) is 33.0 Å². The third-order valence-electron chi connectivity index (χ3n) is 14.4. The van der Waals surface area contributed by atoms with Crippen molar-refractivity contribution in [3.8, 4) is 0 Å². The molecule has 0 saturated heterocycles. The molecular weight excluding hydrogens is 504 g/mol. The Balaban J connectivity index is 1.42. The first kappa shape index (κ1) is 28.9. The van der Waals surface area contributed by atoms with Crippen LogP contribution in [-0.4, -0.2) is 18.9 Å². The standard InChI is InChI=1S/C38H52O3/c1-24(2)27-16-19-38(33(40)41-8)21-20-36(6)28(31(27)38)14-15-30-35(5)23-26(22-25-12-10-9-11-13-25)32(39)34(3,4)29(35)17-18-37(30,36)7/h9-13,22,27-31H,1,14-21,23H2,2-8H3/b26-22-/t27-,28+,29+,30+,31+,35+,36+,37+,38-/m1/s1. The Morgan fingerprint density at radius 3 is 2.27 bits per heavy atom. The number of methoxy groups -OCH3 is 1. The number of carbonyl (C=O) groups is 2. The third kappa shape index (κ3) is 3.75. The summed E-state index contributed by atoms with van der Waals surface area (Å²) in [5, 5.41) is 0. The largest absolute Gasteiger partial charge is 0.469 e. The van der Waals surface area contributed by atoms with Crippen molar-refractivity contribution in [2.75, 3.05) is 7.11 Å². The highest BCUT2D eigenvalue weighted by Gasteiger charge is 2.72. The van der Waals surface area contributed by atoms with Gasteiger partial charge in [0, 0.05) is 5.41 Å². The maximum absolute atomic E-state index is 14.0. The summed E-state index contributed by atoms with van der Waals surface area (Å²) < 4.78 is 5.54. The molecule has 5 saturated carbocycles. The fourth-order valence-electron chi connectivity index (χ4n) is 12.4. The van der Waals surface area contributed by atoms with Crippen LogP contribution in [0.1, 0.15) is 105 Å². The van der Waals surface area contributed by atoms with Gasteiger partial charge in [0.1, 0.15) is 0 Å². The number of hydrogen-bond donors (Lipinski definition) is 0. The fraction of sp³-hybridized carbons (Fsp3) is 0.684. The first-order valence-corrected chi connectivity index (χ1v) is 16.3. The summed E-state index contributed by atoms with van der Waals surface area (Å²) in [7, 11) is 1.59. The van der Waals surface area contributed by atoms with Crippen LogP contribution in [0.25, 0.3) is 6.08 Å². The van der Waals surface area contributed by atoms with Gasteiger partial charge in [-0.25, -0.2) is 0 Å². The minimum absolute atomic E-state index is 0.0273. The minimum Gasteiger partial charge on any atom is -0.469 e. The lowest BCUT2D eigenvalue weighted by atomic mass is 9.32. The Kier molecular flexibility index (Phi) is 6.65. The molecule has 222 valence electrons. The number of benzene rings is 1. The number of esters is 1. The highest BCUT2D eigenvalue weighted by molar-refractivity contribution is 6.04. The van der Waals surface area contributed by atoms with Crippen LogP contribution in [0, 0.1) is 56.7 Å². The van der Waals surface area contributed by atoms with Crippen LogP contribution < -0.4 is 0 Å². The Morgan fingerprint density at radius 1 is 0.902 bits per heavy atom.